The van der Waals surface area contributed by atoms with Crippen molar-refractivity contribution in [2.24, 2.45) is 0 Å². The molecular weight excluding hydrogens is 244 g/mol. The summed E-state index contributed by atoms with van der Waals surface area (Å²) in [5.74, 6) is 0. The molecule has 0 aliphatic rings. The second-order valence-electron chi connectivity index (χ2n) is 5.55. The summed E-state index contributed by atoms with van der Waals surface area (Å²) in [5.41, 5.74) is 2.39. The molecule has 0 amide bonds. The van der Waals surface area contributed by atoms with Crippen LogP contribution < -0.4 is 5.32 Å². The Morgan fingerprint density at radius 3 is 2.39 bits per heavy atom. The van der Waals surface area contributed by atoms with Gasteiger partial charge >= 0.3 is 0 Å². The number of benzene rings is 1. The number of rotatable bonds is 5. The van der Waals surface area contributed by atoms with Crippen LogP contribution in [0.4, 0.5) is 0 Å². The van der Waals surface area contributed by atoms with E-state index in [2.05, 4.69) is 63.3 Å². The fraction of sp³-hybridized carbons (Fsp3) is 0.600. The van der Waals surface area contributed by atoms with Crippen LogP contribution in [0.3, 0.4) is 0 Å². The van der Waals surface area contributed by atoms with Crippen LogP contribution in [-0.2, 0) is 0 Å². The predicted molar refractivity (Wildman–Crippen MR) is 80.4 cm³/mol. The van der Waals surface area contributed by atoms with Crippen LogP contribution in [0.1, 0.15) is 37.9 Å². The minimum absolute atomic E-state index is 0.0224. The first kappa shape index (κ1) is 15.5. The van der Waals surface area contributed by atoms with E-state index in [1.165, 1.54) is 5.56 Å². The molecule has 0 radical (unpaired) electrons. The molecule has 0 aliphatic carbocycles. The molecular formula is C15H25ClN2. The Kier molecular flexibility index (Phi) is 5.20. The third-order valence-corrected chi connectivity index (χ3v) is 4.20. The lowest BCUT2D eigenvalue weighted by Gasteiger charge is -2.41. The van der Waals surface area contributed by atoms with Crippen LogP contribution in [0.5, 0.6) is 0 Å². The molecule has 3 heteroatoms. The lowest BCUT2D eigenvalue weighted by molar-refractivity contribution is 0.139. The van der Waals surface area contributed by atoms with Crippen molar-refractivity contribution in [3.63, 3.8) is 0 Å². The average Bonchev–Trinajstić information content (AvgIpc) is 2.29. The highest BCUT2D eigenvalue weighted by molar-refractivity contribution is 6.31. The van der Waals surface area contributed by atoms with Crippen molar-refractivity contribution in [1.29, 1.82) is 0 Å². The van der Waals surface area contributed by atoms with Crippen LogP contribution in [-0.4, -0.2) is 31.1 Å². The molecule has 0 saturated heterocycles. The maximum atomic E-state index is 6.25. The lowest BCUT2D eigenvalue weighted by atomic mass is 9.87. The number of aryl methyl sites for hydroxylation is 1. The van der Waals surface area contributed by atoms with Gasteiger partial charge in [0, 0.05) is 10.6 Å². The van der Waals surface area contributed by atoms with Crippen LogP contribution in [0.25, 0.3) is 0 Å². The highest BCUT2D eigenvalue weighted by Crippen LogP contribution is 2.31. The fourth-order valence-electron chi connectivity index (χ4n) is 2.03. The van der Waals surface area contributed by atoms with Crippen molar-refractivity contribution in [3.8, 4) is 0 Å². The van der Waals surface area contributed by atoms with Gasteiger partial charge in [-0.2, -0.15) is 0 Å². The minimum Gasteiger partial charge on any atom is -0.309 e. The van der Waals surface area contributed by atoms with Gasteiger partial charge in [0.05, 0.1) is 6.04 Å². The van der Waals surface area contributed by atoms with Crippen LogP contribution in [0, 0.1) is 6.92 Å². The topological polar surface area (TPSA) is 15.3 Å². The summed E-state index contributed by atoms with van der Waals surface area (Å²) in [7, 11) is 4.22. The van der Waals surface area contributed by atoms with Crippen molar-refractivity contribution < 1.29 is 0 Å². The zero-order valence-electron chi connectivity index (χ0n) is 12.3. The number of likely N-dealkylation sites (N-methyl/N-ethyl adjacent to an activating group) is 2. The maximum absolute atomic E-state index is 6.25. The molecule has 0 aromatic heterocycles. The molecule has 1 aromatic rings. The quantitative estimate of drug-likeness (QED) is 0.877. The first-order chi connectivity index (χ1) is 8.30. The molecule has 0 bridgehead atoms. The highest BCUT2D eigenvalue weighted by Gasteiger charge is 2.32. The van der Waals surface area contributed by atoms with E-state index in [0.29, 0.717) is 0 Å². The van der Waals surface area contributed by atoms with Crippen molar-refractivity contribution in [3.05, 3.63) is 34.3 Å². The number of halogens is 1. The van der Waals surface area contributed by atoms with Gasteiger partial charge in [-0.15, -0.1) is 0 Å². The normalized spacial score (nSPS) is 14.0. The zero-order valence-corrected chi connectivity index (χ0v) is 13.1. The largest absolute Gasteiger partial charge is 0.309 e. The lowest BCUT2D eigenvalue weighted by Crippen LogP contribution is -2.49. The first-order valence-corrected chi connectivity index (χ1v) is 6.85. The van der Waals surface area contributed by atoms with Gasteiger partial charge in [0.15, 0.2) is 0 Å². The molecule has 1 N–H and O–H groups in total. The van der Waals surface area contributed by atoms with E-state index in [4.69, 9.17) is 11.6 Å². The van der Waals surface area contributed by atoms with E-state index < -0.39 is 0 Å². The van der Waals surface area contributed by atoms with Crippen LogP contribution in [0.15, 0.2) is 18.2 Å². The number of nitrogens with zero attached hydrogens (tertiary/aromatic N) is 1. The van der Waals surface area contributed by atoms with E-state index in [9.17, 15) is 0 Å². The second kappa shape index (κ2) is 6.05. The molecule has 0 saturated carbocycles. The fourth-order valence-corrected chi connectivity index (χ4v) is 2.22. The van der Waals surface area contributed by atoms with E-state index in [-0.39, 0.29) is 11.6 Å². The molecule has 2 nitrogen and oxygen atoms in total. The van der Waals surface area contributed by atoms with Gasteiger partial charge in [-0.25, -0.2) is 0 Å². The molecule has 0 fully saturated rings. The van der Waals surface area contributed by atoms with Crippen molar-refractivity contribution in [1.82, 2.24) is 10.2 Å². The zero-order chi connectivity index (χ0) is 13.9. The Balaban J connectivity index is 3.15. The molecule has 18 heavy (non-hydrogen) atoms. The SMILES string of the molecule is CCNC(c1ccc(C)c(Cl)c1)C(C)(C)N(C)C. The highest BCUT2D eigenvalue weighted by atomic mass is 35.5. The van der Waals surface area contributed by atoms with Crippen molar-refractivity contribution >= 4 is 11.6 Å². The van der Waals surface area contributed by atoms with Gasteiger partial charge in [0.2, 0.25) is 0 Å². The van der Waals surface area contributed by atoms with Gasteiger partial charge in [0.1, 0.15) is 0 Å². The summed E-state index contributed by atoms with van der Waals surface area (Å²) in [4.78, 5) is 2.24. The molecule has 0 aliphatic heterocycles. The van der Waals surface area contributed by atoms with Crippen molar-refractivity contribution in [2.75, 3.05) is 20.6 Å². The third kappa shape index (κ3) is 3.25. The Morgan fingerprint density at radius 2 is 1.94 bits per heavy atom. The molecule has 1 aromatic carbocycles. The van der Waals surface area contributed by atoms with Gasteiger partial charge < -0.3 is 10.2 Å². The van der Waals surface area contributed by atoms with Gasteiger partial charge in [0.25, 0.3) is 0 Å². The Hall–Kier alpha value is -0.570. The van der Waals surface area contributed by atoms with Gasteiger partial charge in [-0.3, -0.25) is 0 Å². The van der Waals surface area contributed by atoms with E-state index in [1.54, 1.807) is 0 Å². The summed E-state index contributed by atoms with van der Waals surface area (Å²) in [6.07, 6.45) is 0. The van der Waals surface area contributed by atoms with Gasteiger partial charge in [-0.1, -0.05) is 30.7 Å². The number of hydrogen-bond donors (Lipinski definition) is 1. The Morgan fingerprint density at radius 1 is 1.33 bits per heavy atom. The molecule has 1 atom stereocenters. The number of nitrogens with one attached hydrogen (secondary N) is 1. The molecule has 1 rings (SSSR count). The molecule has 102 valence electrons. The van der Waals surface area contributed by atoms with E-state index in [1.807, 2.05) is 6.92 Å². The molecule has 1 unspecified atom stereocenters. The third-order valence-electron chi connectivity index (χ3n) is 3.80. The standard InChI is InChI=1S/C15H25ClN2/c1-7-17-14(15(3,4)18(5)6)12-9-8-11(2)13(16)10-12/h8-10,14,17H,7H2,1-6H3. The van der Waals surface area contributed by atoms with Crippen molar-refractivity contribution in [2.45, 2.75) is 39.3 Å². The van der Waals surface area contributed by atoms with Crippen LogP contribution in [0.2, 0.25) is 5.02 Å². The summed E-state index contributed by atoms with van der Waals surface area (Å²) < 4.78 is 0. The summed E-state index contributed by atoms with van der Waals surface area (Å²) in [6, 6.07) is 6.60. The Bertz CT molecular complexity index is 399. The summed E-state index contributed by atoms with van der Waals surface area (Å²) in [6.45, 7) is 9.59. The average molecular weight is 269 g/mol. The Labute approximate surface area is 116 Å². The van der Waals surface area contributed by atoms with E-state index in [0.717, 1.165) is 17.1 Å². The smallest absolute Gasteiger partial charge is 0.0502 e. The second-order valence-corrected chi connectivity index (χ2v) is 5.95. The molecule has 0 spiro atoms. The van der Waals surface area contributed by atoms with Crippen LogP contribution >= 0.6 is 11.6 Å². The summed E-state index contributed by atoms with van der Waals surface area (Å²) in [5, 5.41) is 4.40. The predicted octanol–water partition coefficient (Wildman–Crippen LogP) is 3.64. The first-order valence-electron chi connectivity index (χ1n) is 6.47. The maximum Gasteiger partial charge on any atom is 0.0502 e. The monoisotopic (exact) mass is 268 g/mol. The minimum atomic E-state index is 0.0224. The summed E-state index contributed by atoms with van der Waals surface area (Å²) >= 11 is 6.25. The molecule has 0 heterocycles. The van der Waals surface area contributed by atoms with E-state index >= 15 is 0 Å². The van der Waals surface area contributed by atoms with Gasteiger partial charge in [-0.05, 0) is 58.6 Å². The number of hydrogen-bond acceptors (Lipinski definition) is 2.